The van der Waals surface area contributed by atoms with Crippen molar-refractivity contribution in [1.82, 2.24) is 19.5 Å². The lowest BCUT2D eigenvalue weighted by Gasteiger charge is -2.22. The second kappa shape index (κ2) is 7.14. The van der Waals surface area contributed by atoms with Crippen LogP contribution in [0.25, 0.3) is 11.2 Å². The molecule has 7 nitrogen and oxygen atoms in total. The van der Waals surface area contributed by atoms with Gasteiger partial charge in [0.1, 0.15) is 18.1 Å². The number of hydrogen-bond donors (Lipinski definition) is 1. The minimum Gasteiger partial charge on any atom is -0.382 e. The van der Waals surface area contributed by atoms with E-state index < -0.39 is 0 Å². The van der Waals surface area contributed by atoms with Crippen molar-refractivity contribution in [1.29, 1.82) is 0 Å². The van der Waals surface area contributed by atoms with Gasteiger partial charge in [-0.1, -0.05) is 6.08 Å². The van der Waals surface area contributed by atoms with Crippen molar-refractivity contribution in [2.24, 2.45) is 0 Å². The van der Waals surface area contributed by atoms with Gasteiger partial charge >= 0.3 is 0 Å². The minimum absolute atomic E-state index is 0.0673. The van der Waals surface area contributed by atoms with Crippen LogP contribution in [0.5, 0.6) is 0 Å². The van der Waals surface area contributed by atoms with Crippen LogP contribution in [-0.2, 0) is 9.47 Å². The third-order valence-electron chi connectivity index (χ3n) is 2.88. The van der Waals surface area contributed by atoms with Gasteiger partial charge in [-0.2, -0.15) is 0 Å². The quantitative estimate of drug-likeness (QED) is 0.590. The van der Waals surface area contributed by atoms with Crippen molar-refractivity contribution >= 4 is 17.0 Å². The summed E-state index contributed by atoms with van der Waals surface area (Å²) in [7, 11) is 0. The van der Waals surface area contributed by atoms with Crippen LogP contribution in [0.15, 0.2) is 25.3 Å². The summed E-state index contributed by atoms with van der Waals surface area (Å²) in [6, 6.07) is 0. The first kappa shape index (κ1) is 15.4. The second-order valence-corrected chi connectivity index (χ2v) is 4.87. The normalized spacial score (nSPS) is 12.9. The molecule has 2 aromatic rings. The highest BCUT2D eigenvalue weighted by Gasteiger charge is 2.18. The number of nitrogen functional groups attached to an aromatic ring is 1. The number of imidazole rings is 1. The molecule has 114 valence electrons. The summed E-state index contributed by atoms with van der Waals surface area (Å²) in [6.07, 6.45) is 5.31. The van der Waals surface area contributed by atoms with Gasteiger partial charge in [0.15, 0.2) is 11.5 Å². The highest BCUT2D eigenvalue weighted by atomic mass is 16.5. The van der Waals surface area contributed by atoms with Crippen molar-refractivity contribution in [2.75, 3.05) is 18.9 Å². The molecule has 1 unspecified atom stereocenters. The van der Waals surface area contributed by atoms with Crippen molar-refractivity contribution in [2.45, 2.75) is 32.6 Å². The van der Waals surface area contributed by atoms with Gasteiger partial charge < -0.3 is 15.2 Å². The molecule has 0 aromatic carbocycles. The van der Waals surface area contributed by atoms with E-state index in [0.29, 0.717) is 36.6 Å². The zero-order valence-electron chi connectivity index (χ0n) is 12.4. The van der Waals surface area contributed by atoms with Crippen molar-refractivity contribution in [3.63, 3.8) is 0 Å². The molecule has 21 heavy (non-hydrogen) atoms. The number of ether oxygens (including phenoxy) is 2. The molecule has 0 amide bonds. The van der Waals surface area contributed by atoms with E-state index in [1.807, 2.05) is 18.4 Å². The Kier molecular flexibility index (Phi) is 5.24. The molecule has 2 N–H and O–H groups in total. The molecule has 2 heterocycles. The molecular formula is C14H21N5O2. The first-order chi connectivity index (χ1) is 10.1. The Morgan fingerprint density at radius 3 is 2.90 bits per heavy atom. The molecule has 0 saturated carbocycles. The largest absolute Gasteiger partial charge is 0.382 e. The summed E-state index contributed by atoms with van der Waals surface area (Å²) >= 11 is 0. The molecule has 0 fully saturated rings. The van der Waals surface area contributed by atoms with Crippen LogP contribution in [-0.4, -0.2) is 38.8 Å². The van der Waals surface area contributed by atoms with E-state index in [4.69, 9.17) is 15.2 Å². The van der Waals surface area contributed by atoms with Crippen molar-refractivity contribution in [3.8, 4) is 0 Å². The molecule has 2 rings (SSSR count). The smallest absolute Gasteiger partial charge is 0.183 e. The Morgan fingerprint density at radius 2 is 2.19 bits per heavy atom. The van der Waals surface area contributed by atoms with Gasteiger partial charge in [0.2, 0.25) is 0 Å². The minimum atomic E-state index is -0.229. The SMILES string of the molecule is C=CCOCCC(OC(C)C)n1cnc2ncnc(N)c21. The first-order valence-electron chi connectivity index (χ1n) is 6.90. The summed E-state index contributed by atoms with van der Waals surface area (Å²) in [5.41, 5.74) is 7.18. The molecule has 0 aliphatic rings. The fourth-order valence-electron chi connectivity index (χ4n) is 2.06. The van der Waals surface area contributed by atoms with Gasteiger partial charge in [0.25, 0.3) is 0 Å². The van der Waals surface area contributed by atoms with Crippen LogP contribution in [0.1, 0.15) is 26.5 Å². The first-order valence-corrected chi connectivity index (χ1v) is 6.90. The molecule has 0 spiro atoms. The fraction of sp³-hybridized carbons (Fsp3) is 0.500. The third kappa shape index (κ3) is 3.77. The Hall–Kier alpha value is -1.99. The Morgan fingerprint density at radius 1 is 1.38 bits per heavy atom. The number of anilines is 1. The van der Waals surface area contributed by atoms with Crippen LogP contribution >= 0.6 is 0 Å². The summed E-state index contributed by atoms with van der Waals surface area (Å²) < 4.78 is 13.2. The average Bonchev–Trinajstić information content (AvgIpc) is 2.87. The number of nitrogens with two attached hydrogens (primary N) is 1. The third-order valence-corrected chi connectivity index (χ3v) is 2.88. The summed E-state index contributed by atoms with van der Waals surface area (Å²) in [4.78, 5) is 12.4. The Bertz CT molecular complexity index is 596. The van der Waals surface area contributed by atoms with Gasteiger partial charge in [-0.25, -0.2) is 15.0 Å². The summed E-state index contributed by atoms with van der Waals surface area (Å²) in [5, 5.41) is 0. The Labute approximate surface area is 123 Å². The number of hydrogen-bond acceptors (Lipinski definition) is 6. The van der Waals surface area contributed by atoms with E-state index in [1.165, 1.54) is 6.33 Å². The van der Waals surface area contributed by atoms with E-state index in [-0.39, 0.29) is 12.3 Å². The van der Waals surface area contributed by atoms with E-state index in [1.54, 1.807) is 12.4 Å². The van der Waals surface area contributed by atoms with Crippen LogP contribution in [0.4, 0.5) is 5.82 Å². The molecule has 7 heteroatoms. The van der Waals surface area contributed by atoms with E-state index in [9.17, 15) is 0 Å². The molecule has 0 bridgehead atoms. The second-order valence-electron chi connectivity index (χ2n) is 4.87. The number of nitrogens with zero attached hydrogens (tertiary/aromatic N) is 4. The molecule has 2 aromatic heterocycles. The summed E-state index contributed by atoms with van der Waals surface area (Å²) in [6.45, 7) is 8.66. The lowest BCUT2D eigenvalue weighted by Crippen LogP contribution is -2.19. The van der Waals surface area contributed by atoms with Gasteiger partial charge in [0.05, 0.1) is 25.6 Å². The molecule has 0 aliphatic carbocycles. The van der Waals surface area contributed by atoms with Crippen LogP contribution in [0.2, 0.25) is 0 Å². The maximum absolute atomic E-state index is 5.94. The van der Waals surface area contributed by atoms with Crippen LogP contribution < -0.4 is 5.73 Å². The zero-order chi connectivity index (χ0) is 15.2. The highest BCUT2D eigenvalue weighted by Crippen LogP contribution is 2.24. The Balaban J connectivity index is 2.23. The van der Waals surface area contributed by atoms with E-state index >= 15 is 0 Å². The average molecular weight is 291 g/mol. The predicted octanol–water partition coefficient (Wildman–Crippen LogP) is 1.92. The highest BCUT2D eigenvalue weighted by molar-refractivity contribution is 5.81. The maximum Gasteiger partial charge on any atom is 0.183 e. The zero-order valence-corrected chi connectivity index (χ0v) is 12.4. The fourth-order valence-corrected chi connectivity index (χ4v) is 2.06. The van der Waals surface area contributed by atoms with Crippen molar-refractivity contribution in [3.05, 3.63) is 25.3 Å². The van der Waals surface area contributed by atoms with Gasteiger partial charge in [-0.05, 0) is 13.8 Å². The standard InChI is InChI=1S/C14H21N5O2/c1-4-6-20-7-5-11(21-10(2)3)19-9-18-14-12(19)13(15)16-8-17-14/h4,8-11H,1,5-7H2,2-3H3,(H2,15,16,17). The lowest BCUT2D eigenvalue weighted by atomic mass is 10.3. The maximum atomic E-state index is 5.94. The topological polar surface area (TPSA) is 88.1 Å². The van der Waals surface area contributed by atoms with Crippen LogP contribution in [0, 0.1) is 0 Å². The van der Waals surface area contributed by atoms with Crippen molar-refractivity contribution < 1.29 is 9.47 Å². The van der Waals surface area contributed by atoms with Gasteiger partial charge in [-0.15, -0.1) is 6.58 Å². The summed E-state index contributed by atoms with van der Waals surface area (Å²) in [5.74, 6) is 0.391. The number of aromatic nitrogens is 4. The van der Waals surface area contributed by atoms with E-state index in [2.05, 4.69) is 21.5 Å². The predicted molar refractivity (Wildman–Crippen MR) is 80.6 cm³/mol. The van der Waals surface area contributed by atoms with E-state index in [0.717, 1.165) is 0 Å². The molecule has 1 atom stereocenters. The monoisotopic (exact) mass is 291 g/mol. The number of fused-ring (bicyclic) bond motifs is 1. The molecular weight excluding hydrogens is 270 g/mol. The number of rotatable bonds is 8. The van der Waals surface area contributed by atoms with Crippen LogP contribution in [0.3, 0.4) is 0 Å². The van der Waals surface area contributed by atoms with Gasteiger partial charge in [0, 0.05) is 6.42 Å². The molecule has 0 aliphatic heterocycles. The molecule has 0 radical (unpaired) electrons. The van der Waals surface area contributed by atoms with Gasteiger partial charge in [-0.3, -0.25) is 4.57 Å². The lowest BCUT2D eigenvalue weighted by molar-refractivity contribution is -0.0515. The molecule has 0 saturated heterocycles.